The third-order valence-corrected chi connectivity index (χ3v) is 1.88. The summed E-state index contributed by atoms with van der Waals surface area (Å²) in [5.41, 5.74) is 0. The number of fused-ring (bicyclic) bond motifs is 1. The summed E-state index contributed by atoms with van der Waals surface area (Å²) in [5, 5.41) is 0. The van der Waals surface area contributed by atoms with Gasteiger partial charge < -0.3 is 4.74 Å². The molecule has 0 saturated carbocycles. The molecule has 0 aromatic carbocycles. The van der Waals surface area contributed by atoms with Crippen LogP contribution in [0.25, 0.3) is 0 Å². The van der Waals surface area contributed by atoms with Crippen molar-refractivity contribution in [2.45, 2.75) is 12.2 Å². The summed E-state index contributed by atoms with van der Waals surface area (Å²) in [7, 11) is 0. The minimum Gasteiger partial charge on any atom is -0.455 e. The van der Waals surface area contributed by atoms with Gasteiger partial charge in [0.25, 0.3) is 0 Å². The summed E-state index contributed by atoms with van der Waals surface area (Å²) in [6.07, 6.45) is 3.03. The second kappa shape index (κ2) is 1.81. The summed E-state index contributed by atoms with van der Waals surface area (Å²) in [6.45, 7) is 0. The molecule has 0 radical (unpaired) electrons. The van der Waals surface area contributed by atoms with Crippen LogP contribution in [0, 0.1) is 5.92 Å². The highest BCUT2D eigenvalue weighted by molar-refractivity contribution is 5.79. The molecule has 1 aliphatic heterocycles. The van der Waals surface area contributed by atoms with Crippen molar-refractivity contribution in [3.63, 3.8) is 0 Å². The Morgan fingerprint density at radius 2 is 2.40 bits per heavy atom. The fraction of sp³-hybridized carbons (Fsp3) is 0.500. The van der Waals surface area contributed by atoms with Gasteiger partial charge in [0.1, 0.15) is 6.10 Å². The molecule has 1 fully saturated rings. The van der Waals surface area contributed by atoms with Crippen LogP contribution in [0.4, 0.5) is 0 Å². The lowest BCUT2D eigenvalue weighted by atomic mass is 9.89. The van der Waals surface area contributed by atoms with Gasteiger partial charge in [-0.3, -0.25) is 4.84 Å². The Labute approximate surface area is 57.5 Å². The molecular formula is C6H7NO3. The van der Waals surface area contributed by atoms with Crippen molar-refractivity contribution in [1.82, 2.24) is 0 Å². The first-order valence-electron chi connectivity index (χ1n) is 3.07. The van der Waals surface area contributed by atoms with Crippen molar-refractivity contribution in [3.05, 3.63) is 12.2 Å². The van der Waals surface area contributed by atoms with Crippen LogP contribution in [0.1, 0.15) is 0 Å². The average molecular weight is 141 g/mol. The van der Waals surface area contributed by atoms with E-state index in [-0.39, 0.29) is 18.0 Å². The van der Waals surface area contributed by atoms with Crippen LogP contribution in [-0.2, 0) is 14.4 Å². The maximum Gasteiger partial charge on any atom is 0.338 e. The molecule has 0 spiro atoms. The smallest absolute Gasteiger partial charge is 0.338 e. The van der Waals surface area contributed by atoms with E-state index in [0.29, 0.717) is 0 Å². The minimum atomic E-state index is -0.574. The predicted molar refractivity (Wildman–Crippen MR) is 31.6 cm³/mol. The molecule has 4 heteroatoms. The number of hydrogen-bond donors (Lipinski definition) is 1. The Hall–Kier alpha value is -0.870. The Morgan fingerprint density at radius 1 is 1.60 bits per heavy atom. The van der Waals surface area contributed by atoms with E-state index in [1.807, 2.05) is 12.2 Å². The van der Waals surface area contributed by atoms with Crippen molar-refractivity contribution >= 4 is 5.97 Å². The zero-order chi connectivity index (χ0) is 7.14. The highest BCUT2D eigenvalue weighted by Crippen LogP contribution is 2.33. The van der Waals surface area contributed by atoms with Gasteiger partial charge in [0.2, 0.25) is 0 Å². The lowest BCUT2D eigenvalue weighted by Crippen LogP contribution is -2.32. The maximum absolute atomic E-state index is 10.8. The molecule has 0 aromatic heterocycles. The van der Waals surface area contributed by atoms with E-state index >= 15 is 0 Å². The number of hydrogen-bond acceptors (Lipinski definition) is 4. The van der Waals surface area contributed by atoms with Crippen molar-refractivity contribution < 1.29 is 14.4 Å². The second-order valence-corrected chi connectivity index (χ2v) is 2.42. The van der Waals surface area contributed by atoms with Gasteiger partial charge in [0.15, 0.2) is 6.10 Å². The predicted octanol–water partition coefficient (Wildman–Crippen LogP) is -0.643. The number of nitrogens with two attached hydrogens (primary N) is 1. The topological polar surface area (TPSA) is 61.5 Å². The summed E-state index contributed by atoms with van der Waals surface area (Å²) in [4.78, 5) is 15.2. The van der Waals surface area contributed by atoms with E-state index in [9.17, 15) is 4.79 Å². The molecule has 0 bridgehead atoms. The van der Waals surface area contributed by atoms with E-state index in [0.717, 1.165) is 0 Å². The number of ether oxygens (including phenoxy) is 1. The molecule has 0 aromatic rings. The van der Waals surface area contributed by atoms with Gasteiger partial charge in [-0.15, -0.1) is 0 Å². The molecule has 54 valence electrons. The molecule has 1 heterocycles. The van der Waals surface area contributed by atoms with Crippen LogP contribution in [-0.4, -0.2) is 18.2 Å². The van der Waals surface area contributed by atoms with Gasteiger partial charge in [-0.2, -0.15) is 0 Å². The zero-order valence-electron chi connectivity index (χ0n) is 5.19. The zero-order valence-corrected chi connectivity index (χ0v) is 5.19. The first-order chi connectivity index (χ1) is 4.83. The van der Waals surface area contributed by atoms with E-state index in [4.69, 9.17) is 10.6 Å². The first-order valence-corrected chi connectivity index (χ1v) is 3.07. The molecule has 2 N–H and O–H groups in total. The normalized spacial score (nSPS) is 42.5. The van der Waals surface area contributed by atoms with Crippen molar-refractivity contribution in [1.29, 1.82) is 0 Å². The molecule has 2 rings (SSSR count). The summed E-state index contributed by atoms with van der Waals surface area (Å²) >= 11 is 0. The molecule has 3 atom stereocenters. The van der Waals surface area contributed by atoms with Crippen molar-refractivity contribution in [2.75, 3.05) is 0 Å². The third kappa shape index (κ3) is 0.547. The van der Waals surface area contributed by atoms with Gasteiger partial charge in [0.05, 0.1) is 5.92 Å². The van der Waals surface area contributed by atoms with Gasteiger partial charge in [-0.05, 0) is 6.08 Å². The van der Waals surface area contributed by atoms with E-state index in [1.54, 1.807) is 0 Å². The molecule has 2 aliphatic rings. The Morgan fingerprint density at radius 3 is 2.70 bits per heavy atom. The lowest BCUT2D eigenvalue weighted by Gasteiger charge is -2.20. The van der Waals surface area contributed by atoms with E-state index in [2.05, 4.69) is 4.84 Å². The summed E-state index contributed by atoms with van der Waals surface area (Å²) in [6, 6.07) is 0. The van der Waals surface area contributed by atoms with Crippen molar-refractivity contribution in [3.8, 4) is 0 Å². The SMILES string of the molecule is NOC1C(=O)OC2C=CC21. The van der Waals surface area contributed by atoms with E-state index < -0.39 is 6.10 Å². The summed E-state index contributed by atoms with van der Waals surface area (Å²) < 4.78 is 4.83. The third-order valence-electron chi connectivity index (χ3n) is 1.88. The first kappa shape index (κ1) is 5.88. The van der Waals surface area contributed by atoms with Crippen LogP contribution in [0.3, 0.4) is 0 Å². The molecule has 10 heavy (non-hydrogen) atoms. The standard InChI is InChI=1S/C6H7NO3/c7-10-5-3-1-2-4(3)9-6(5)8/h1-5H,7H2. The lowest BCUT2D eigenvalue weighted by molar-refractivity contribution is -0.148. The number of esters is 1. The second-order valence-electron chi connectivity index (χ2n) is 2.42. The molecule has 0 amide bonds. The fourth-order valence-corrected chi connectivity index (χ4v) is 1.23. The van der Waals surface area contributed by atoms with Gasteiger partial charge in [-0.25, -0.2) is 10.7 Å². The quantitative estimate of drug-likeness (QED) is 0.299. The number of carbonyl (C=O) groups excluding carboxylic acids is 1. The minimum absolute atomic E-state index is 0.0532. The largest absolute Gasteiger partial charge is 0.455 e. The fourth-order valence-electron chi connectivity index (χ4n) is 1.23. The highest BCUT2D eigenvalue weighted by Gasteiger charge is 2.47. The van der Waals surface area contributed by atoms with Crippen LogP contribution in [0.2, 0.25) is 0 Å². The maximum atomic E-state index is 10.8. The average Bonchev–Trinajstić information content (AvgIpc) is 2.09. The van der Waals surface area contributed by atoms with Gasteiger partial charge in [0, 0.05) is 0 Å². The van der Waals surface area contributed by atoms with Gasteiger partial charge in [-0.1, -0.05) is 6.08 Å². The Kier molecular flexibility index (Phi) is 1.06. The molecule has 1 saturated heterocycles. The molecule has 3 unspecified atom stereocenters. The monoisotopic (exact) mass is 141 g/mol. The Bertz CT molecular complexity index is 201. The Balaban J connectivity index is 2.18. The molecule has 4 nitrogen and oxygen atoms in total. The van der Waals surface area contributed by atoms with Crippen LogP contribution >= 0.6 is 0 Å². The van der Waals surface area contributed by atoms with Crippen molar-refractivity contribution in [2.24, 2.45) is 11.8 Å². The number of carbonyl (C=O) groups is 1. The van der Waals surface area contributed by atoms with Crippen LogP contribution in [0.15, 0.2) is 12.2 Å². The van der Waals surface area contributed by atoms with Gasteiger partial charge >= 0.3 is 5.97 Å². The van der Waals surface area contributed by atoms with E-state index in [1.165, 1.54) is 0 Å². The summed E-state index contributed by atoms with van der Waals surface area (Å²) in [5.74, 6) is 4.57. The molecule has 1 aliphatic carbocycles. The van der Waals surface area contributed by atoms with Crippen LogP contribution in [0.5, 0.6) is 0 Å². The molecular weight excluding hydrogens is 134 g/mol. The number of rotatable bonds is 1. The highest BCUT2D eigenvalue weighted by atomic mass is 16.7. The van der Waals surface area contributed by atoms with Crippen LogP contribution < -0.4 is 5.90 Å².